The van der Waals surface area contributed by atoms with Crippen LogP contribution in [0.15, 0.2) is 0 Å². The molecule has 1 aliphatic heterocycles. The number of nitrogens with one attached hydrogen (secondary N) is 1. The zero-order chi connectivity index (χ0) is 13.7. The Morgan fingerprint density at radius 2 is 1.79 bits per heavy atom. The molecule has 0 aromatic carbocycles. The molecule has 19 heavy (non-hydrogen) atoms. The molecule has 2 fully saturated rings. The zero-order valence-electron chi connectivity index (χ0n) is 12.5. The second-order valence-corrected chi connectivity index (χ2v) is 6.45. The average molecular weight is 267 g/mol. The number of amides is 1. The predicted octanol–water partition coefficient (Wildman–Crippen LogP) is 1.32. The molecule has 0 aromatic rings. The Morgan fingerprint density at radius 3 is 2.37 bits per heavy atom. The molecule has 0 unspecified atom stereocenters. The Morgan fingerprint density at radius 1 is 1.16 bits per heavy atom. The van der Waals surface area contributed by atoms with Gasteiger partial charge in [0, 0.05) is 25.7 Å². The van der Waals surface area contributed by atoms with Crippen molar-refractivity contribution in [1.29, 1.82) is 0 Å². The summed E-state index contributed by atoms with van der Waals surface area (Å²) in [5.41, 5.74) is 0. The average Bonchev–Trinajstić information content (AvgIpc) is 2.89. The smallest absolute Gasteiger partial charge is 0.236 e. The molecule has 0 aromatic heterocycles. The Balaban J connectivity index is 1.64. The van der Waals surface area contributed by atoms with Crippen molar-refractivity contribution in [2.75, 3.05) is 40.3 Å². The van der Waals surface area contributed by atoms with E-state index in [1.54, 1.807) is 0 Å². The molecule has 0 spiro atoms. The zero-order valence-corrected chi connectivity index (χ0v) is 12.5. The van der Waals surface area contributed by atoms with Crippen molar-refractivity contribution in [2.24, 2.45) is 5.92 Å². The van der Waals surface area contributed by atoms with Crippen LogP contribution in [0.2, 0.25) is 0 Å². The van der Waals surface area contributed by atoms with Crippen LogP contribution >= 0.6 is 0 Å². The molecule has 0 radical (unpaired) electrons. The van der Waals surface area contributed by atoms with E-state index >= 15 is 0 Å². The molecule has 2 rings (SSSR count). The molecule has 1 N–H and O–H groups in total. The molecule has 4 heteroatoms. The van der Waals surface area contributed by atoms with Crippen LogP contribution in [0.3, 0.4) is 0 Å². The highest BCUT2D eigenvalue weighted by Crippen LogP contribution is 2.19. The number of likely N-dealkylation sites (tertiary alicyclic amines) is 1. The Kier molecular flexibility index (Phi) is 5.64. The van der Waals surface area contributed by atoms with E-state index in [9.17, 15) is 4.79 Å². The Labute approximate surface area is 117 Å². The summed E-state index contributed by atoms with van der Waals surface area (Å²) < 4.78 is 0. The number of carbonyl (C=O) groups is 1. The Bertz CT molecular complexity index is 279. The molecule has 2 aliphatic rings. The summed E-state index contributed by atoms with van der Waals surface area (Å²) in [4.78, 5) is 16.4. The van der Waals surface area contributed by atoms with Gasteiger partial charge in [-0.05, 0) is 45.7 Å². The van der Waals surface area contributed by atoms with E-state index in [-0.39, 0.29) is 0 Å². The molecular formula is C15H29N3O. The van der Waals surface area contributed by atoms with E-state index in [4.69, 9.17) is 0 Å². The molecular weight excluding hydrogens is 238 g/mol. The lowest BCUT2D eigenvalue weighted by Gasteiger charge is -2.33. The first-order valence-corrected chi connectivity index (χ1v) is 7.81. The molecule has 1 aliphatic carbocycles. The van der Waals surface area contributed by atoms with Gasteiger partial charge in [-0.3, -0.25) is 4.79 Å². The van der Waals surface area contributed by atoms with E-state index in [2.05, 4.69) is 24.3 Å². The normalized spacial score (nSPS) is 22.4. The van der Waals surface area contributed by atoms with Crippen LogP contribution in [0.5, 0.6) is 0 Å². The summed E-state index contributed by atoms with van der Waals surface area (Å²) in [6.45, 7) is 3.60. The summed E-state index contributed by atoms with van der Waals surface area (Å²) in [6, 6.07) is 0.593. The molecule has 1 saturated carbocycles. The van der Waals surface area contributed by atoms with Gasteiger partial charge in [0.2, 0.25) is 5.91 Å². The minimum absolute atomic E-state index is 0.301. The molecule has 0 atom stereocenters. The topological polar surface area (TPSA) is 35.6 Å². The minimum atomic E-state index is 0.301. The third kappa shape index (κ3) is 4.77. The van der Waals surface area contributed by atoms with Gasteiger partial charge in [-0.1, -0.05) is 12.8 Å². The summed E-state index contributed by atoms with van der Waals surface area (Å²) in [5, 5.41) is 3.42. The fourth-order valence-corrected chi connectivity index (χ4v) is 3.35. The summed E-state index contributed by atoms with van der Waals surface area (Å²) in [6.07, 6.45) is 7.46. The summed E-state index contributed by atoms with van der Waals surface area (Å²) in [5.74, 6) is 1.07. The van der Waals surface area contributed by atoms with Gasteiger partial charge in [-0.25, -0.2) is 0 Å². The van der Waals surface area contributed by atoms with Gasteiger partial charge in [0.15, 0.2) is 0 Å². The fourth-order valence-electron chi connectivity index (χ4n) is 3.35. The number of piperidine rings is 1. The second-order valence-electron chi connectivity index (χ2n) is 6.45. The third-order valence-electron chi connectivity index (χ3n) is 4.49. The highest BCUT2D eigenvalue weighted by Gasteiger charge is 2.23. The number of rotatable bonds is 5. The number of carbonyl (C=O) groups excluding carboxylic acids is 1. The minimum Gasteiger partial charge on any atom is -0.342 e. The van der Waals surface area contributed by atoms with Gasteiger partial charge < -0.3 is 15.1 Å². The predicted molar refractivity (Wildman–Crippen MR) is 78.1 cm³/mol. The van der Waals surface area contributed by atoms with Crippen LogP contribution in [-0.2, 0) is 4.79 Å². The highest BCUT2D eigenvalue weighted by atomic mass is 16.2. The quantitative estimate of drug-likeness (QED) is 0.816. The van der Waals surface area contributed by atoms with Gasteiger partial charge >= 0.3 is 0 Å². The third-order valence-corrected chi connectivity index (χ3v) is 4.49. The molecule has 1 saturated heterocycles. The monoisotopic (exact) mass is 267 g/mol. The van der Waals surface area contributed by atoms with Gasteiger partial charge in [-0.15, -0.1) is 0 Å². The van der Waals surface area contributed by atoms with Crippen molar-refractivity contribution in [2.45, 2.75) is 44.6 Å². The second kappa shape index (κ2) is 7.25. The standard InChI is InChI=1S/C15H29N3O/c1-17(2)12-13-7-9-18(10-8-13)15(19)11-16-14-5-3-4-6-14/h13-14,16H,3-12H2,1-2H3. The van der Waals surface area contributed by atoms with Crippen LogP contribution in [-0.4, -0.2) is 62.0 Å². The van der Waals surface area contributed by atoms with Crippen molar-refractivity contribution in [3.8, 4) is 0 Å². The lowest BCUT2D eigenvalue weighted by atomic mass is 9.96. The Hall–Kier alpha value is -0.610. The van der Waals surface area contributed by atoms with E-state index in [0.29, 0.717) is 18.5 Å². The fraction of sp³-hybridized carbons (Fsp3) is 0.933. The van der Waals surface area contributed by atoms with Gasteiger partial charge in [0.25, 0.3) is 0 Å². The van der Waals surface area contributed by atoms with Crippen molar-refractivity contribution in [1.82, 2.24) is 15.1 Å². The van der Waals surface area contributed by atoms with E-state index in [1.165, 1.54) is 25.7 Å². The lowest BCUT2D eigenvalue weighted by Crippen LogP contribution is -2.45. The number of hydrogen-bond donors (Lipinski definition) is 1. The van der Waals surface area contributed by atoms with Gasteiger partial charge in [-0.2, -0.15) is 0 Å². The first-order chi connectivity index (χ1) is 9.15. The summed E-state index contributed by atoms with van der Waals surface area (Å²) in [7, 11) is 4.26. The van der Waals surface area contributed by atoms with Crippen LogP contribution in [0.1, 0.15) is 38.5 Å². The highest BCUT2D eigenvalue weighted by molar-refractivity contribution is 5.78. The first-order valence-electron chi connectivity index (χ1n) is 7.81. The van der Waals surface area contributed by atoms with E-state index < -0.39 is 0 Å². The van der Waals surface area contributed by atoms with Crippen LogP contribution < -0.4 is 5.32 Å². The molecule has 1 heterocycles. The maximum Gasteiger partial charge on any atom is 0.236 e. The molecule has 0 bridgehead atoms. The maximum atomic E-state index is 12.1. The molecule has 4 nitrogen and oxygen atoms in total. The van der Waals surface area contributed by atoms with Gasteiger partial charge in [0.05, 0.1) is 6.54 Å². The lowest BCUT2D eigenvalue weighted by molar-refractivity contribution is -0.131. The van der Waals surface area contributed by atoms with Crippen LogP contribution in [0.4, 0.5) is 0 Å². The van der Waals surface area contributed by atoms with Crippen molar-refractivity contribution in [3.05, 3.63) is 0 Å². The van der Waals surface area contributed by atoms with Crippen LogP contribution in [0, 0.1) is 5.92 Å². The van der Waals surface area contributed by atoms with Crippen molar-refractivity contribution in [3.63, 3.8) is 0 Å². The van der Waals surface area contributed by atoms with Crippen molar-refractivity contribution < 1.29 is 4.79 Å². The van der Waals surface area contributed by atoms with Gasteiger partial charge in [0.1, 0.15) is 0 Å². The maximum absolute atomic E-state index is 12.1. The summed E-state index contributed by atoms with van der Waals surface area (Å²) >= 11 is 0. The van der Waals surface area contributed by atoms with E-state index in [1.807, 2.05) is 4.90 Å². The largest absolute Gasteiger partial charge is 0.342 e. The molecule has 110 valence electrons. The number of hydrogen-bond acceptors (Lipinski definition) is 3. The first kappa shape index (κ1) is 14.8. The molecule has 1 amide bonds. The van der Waals surface area contributed by atoms with Crippen molar-refractivity contribution >= 4 is 5.91 Å². The SMILES string of the molecule is CN(C)CC1CCN(C(=O)CNC2CCCC2)CC1. The number of nitrogens with zero attached hydrogens (tertiary/aromatic N) is 2. The van der Waals surface area contributed by atoms with Crippen LogP contribution in [0.25, 0.3) is 0 Å². The van der Waals surface area contributed by atoms with E-state index in [0.717, 1.165) is 38.4 Å².